The molecule has 1 atom stereocenters. The topological polar surface area (TPSA) is 66.8 Å². The number of carboxylic acids is 1. The highest BCUT2D eigenvalue weighted by molar-refractivity contribution is 5.80. The predicted molar refractivity (Wildman–Crippen MR) is 72.1 cm³/mol. The summed E-state index contributed by atoms with van der Waals surface area (Å²) in [7, 11) is 0. The van der Waals surface area contributed by atoms with Gasteiger partial charge < -0.3 is 14.7 Å². The number of aliphatic carboxylic acids is 1. The van der Waals surface area contributed by atoms with E-state index in [0.717, 1.165) is 52.0 Å². The first-order chi connectivity index (χ1) is 9.60. The minimum absolute atomic E-state index is 0.0445. The van der Waals surface area contributed by atoms with Gasteiger partial charge in [-0.05, 0) is 38.5 Å². The van der Waals surface area contributed by atoms with E-state index < -0.39 is 5.97 Å². The Hall–Kier alpha value is -1.10. The predicted octanol–water partition coefficient (Wildman–Crippen LogP) is 1.52. The fourth-order valence-corrected chi connectivity index (χ4v) is 3.94. The van der Waals surface area contributed by atoms with Gasteiger partial charge in [-0.25, -0.2) is 0 Å². The molecule has 1 amide bonds. The molecule has 3 rings (SSSR count). The molecule has 1 unspecified atom stereocenters. The van der Waals surface area contributed by atoms with Crippen LogP contribution in [-0.2, 0) is 14.3 Å². The number of carbonyl (C=O) groups excluding carboxylic acids is 1. The summed E-state index contributed by atoms with van der Waals surface area (Å²) < 4.78 is 5.49. The van der Waals surface area contributed by atoms with E-state index in [4.69, 9.17) is 9.84 Å². The summed E-state index contributed by atoms with van der Waals surface area (Å²) >= 11 is 0. The van der Waals surface area contributed by atoms with Crippen molar-refractivity contribution in [2.75, 3.05) is 26.3 Å². The van der Waals surface area contributed by atoms with Crippen LogP contribution in [0.4, 0.5) is 0 Å². The van der Waals surface area contributed by atoms with E-state index in [1.807, 2.05) is 4.90 Å². The van der Waals surface area contributed by atoms with Gasteiger partial charge in [-0.3, -0.25) is 9.59 Å². The Kier molecular flexibility index (Phi) is 3.71. The molecule has 2 saturated heterocycles. The number of carbonyl (C=O) groups is 2. The van der Waals surface area contributed by atoms with E-state index in [1.165, 1.54) is 0 Å². The van der Waals surface area contributed by atoms with Crippen LogP contribution in [0, 0.1) is 17.3 Å². The van der Waals surface area contributed by atoms with Crippen molar-refractivity contribution < 1.29 is 19.4 Å². The van der Waals surface area contributed by atoms with Gasteiger partial charge >= 0.3 is 5.97 Å². The Morgan fingerprint density at radius 2 is 1.80 bits per heavy atom. The molecule has 20 heavy (non-hydrogen) atoms. The maximum absolute atomic E-state index is 12.6. The van der Waals surface area contributed by atoms with Crippen molar-refractivity contribution in [2.45, 2.75) is 38.5 Å². The van der Waals surface area contributed by atoms with Crippen LogP contribution in [-0.4, -0.2) is 48.2 Å². The highest BCUT2D eigenvalue weighted by Crippen LogP contribution is 2.39. The van der Waals surface area contributed by atoms with Crippen molar-refractivity contribution in [1.82, 2.24) is 4.90 Å². The number of ether oxygens (including phenoxy) is 1. The van der Waals surface area contributed by atoms with Gasteiger partial charge in [-0.1, -0.05) is 0 Å². The number of amides is 1. The first-order valence-corrected chi connectivity index (χ1v) is 7.69. The smallest absolute Gasteiger partial charge is 0.306 e. The number of hydrogen-bond acceptors (Lipinski definition) is 3. The lowest BCUT2D eigenvalue weighted by Gasteiger charge is -2.29. The van der Waals surface area contributed by atoms with E-state index in [1.54, 1.807) is 0 Å². The maximum atomic E-state index is 12.6. The van der Waals surface area contributed by atoms with E-state index in [2.05, 4.69) is 0 Å². The van der Waals surface area contributed by atoms with Gasteiger partial charge in [0, 0.05) is 31.0 Å². The minimum atomic E-state index is -0.709. The second-order valence-corrected chi connectivity index (χ2v) is 6.70. The highest BCUT2D eigenvalue weighted by atomic mass is 16.5. The fraction of sp³-hybridized carbons (Fsp3) is 0.867. The summed E-state index contributed by atoms with van der Waals surface area (Å²) in [5.74, 6) is -0.660. The largest absolute Gasteiger partial charge is 0.481 e. The molecule has 5 heteroatoms. The second kappa shape index (κ2) is 5.35. The molecule has 0 aromatic heterocycles. The lowest BCUT2D eigenvalue weighted by Crippen LogP contribution is -2.38. The third kappa shape index (κ3) is 2.55. The van der Waals surface area contributed by atoms with Gasteiger partial charge in [0.15, 0.2) is 0 Å². The molecule has 2 aliphatic heterocycles. The number of likely N-dealkylation sites (tertiary alicyclic amines) is 1. The minimum Gasteiger partial charge on any atom is -0.481 e. The number of rotatable bonds is 2. The van der Waals surface area contributed by atoms with Crippen LogP contribution >= 0.6 is 0 Å². The van der Waals surface area contributed by atoms with Crippen LogP contribution in [0.5, 0.6) is 0 Å². The molecule has 1 aliphatic carbocycles. The summed E-state index contributed by atoms with van der Waals surface area (Å²) in [4.78, 5) is 25.5. The van der Waals surface area contributed by atoms with E-state index in [-0.39, 0.29) is 23.2 Å². The molecule has 1 saturated carbocycles. The Morgan fingerprint density at radius 3 is 2.40 bits per heavy atom. The van der Waals surface area contributed by atoms with Gasteiger partial charge in [0.25, 0.3) is 0 Å². The quantitative estimate of drug-likeness (QED) is 0.833. The highest BCUT2D eigenvalue weighted by Gasteiger charge is 2.44. The Morgan fingerprint density at radius 1 is 1.10 bits per heavy atom. The molecule has 0 radical (unpaired) electrons. The van der Waals surface area contributed by atoms with Crippen LogP contribution in [0.15, 0.2) is 0 Å². The van der Waals surface area contributed by atoms with Crippen molar-refractivity contribution in [1.29, 1.82) is 0 Å². The molecule has 1 spiro atoms. The van der Waals surface area contributed by atoms with Crippen molar-refractivity contribution in [2.24, 2.45) is 17.3 Å². The van der Waals surface area contributed by atoms with Gasteiger partial charge in [0.05, 0.1) is 12.5 Å². The Bertz CT molecular complexity index is 395. The molecular formula is C15H23NO4. The average molecular weight is 281 g/mol. The van der Waals surface area contributed by atoms with Gasteiger partial charge in [0.2, 0.25) is 5.91 Å². The van der Waals surface area contributed by atoms with Gasteiger partial charge in [0.1, 0.15) is 0 Å². The first kappa shape index (κ1) is 13.9. The van der Waals surface area contributed by atoms with Crippen LogP contribution in [0.25, 0.3) is 0 Å². The van der Waals surface area contributed by atoms with E-state index >= 15 is 0 Å². The molecule has 3 fully saturated rings. The van der Waals surface area contributed by atoms with Crippen molar-refractivity contribution >= 4 is 11.9 Å². The van der Waals surface area contributed by atoms with Gasteiger partial charge in [-0.15, -0.1) is 0 Å². The molecule has 1 N–H and O–H groups in total. The summed E-state index contributed by atoms with van der Waals surface area (Å²) in [5.41, 5.74) is 0.216. The molecule has 112 valence electrons. The van der Waals surface area contributed by atoms with E-state index in [9.17, 15) is 9.59 Å². The standard InChI is InChI=1S/C15H23NO4/c17-13(11-1-3-12(4-2-11)14(18)19)16-7-5-15(9-16)6-8-20-10-15/h11-12H,1-10H2,(H,18,19). The zero-order chi connectivity index (χ0) is 14.2. The molecular weight excluding hydrogens is 258 g/mol. The van der Waals surface area contributed by atoms with Crippen molar-refractivity contribution in [3.63, 3.8) is 0 Å². The normalized spacial score (nSPS) is 37.5. The average Bonchev–Trinajstić information content (AvgIpc) is 3.09. The maximum Gasteiger partial charge on any atom is 0.306 e. The molecule has 0 bridgehead atoms. The van der Waals surface area contributed by atoms with E-state index in [0.29, 0.717) is 12.8 Å². The third-order valence-electron chi connectivity index (χ3n) is 5.36. The lowest BCUT2D eigenvalue weighted by atomic mass is 9.81. The number of nitrogens with zero attached hydrogens (tertiary/aromatic N) is 1. The molecule has 2 heterocycles. The van der Waals surface area contributed by atoms with Crippen LogP contribution in [0.2, 0.25) is 0 Å². The fourth-order valence-electron chi connectivity index (χ4n) is 3.94. The first-order valence-electron chi connectivity index (χ1n) is 7.69. The van der Waals surface area contributed by atoms with Gasteiger partial charge in [-0.2, -0.15) is 0 Å². The zero-order valence-electron chi connectivity index (χ0n) is 11.8. The third-order valence-corrected chi connectivity index (χ3v) is 5.36. The van der Waals surface area contributed by atoms with Crippen LogP contribution < -0.4 is 0 Å². The SMILES string of the molecule is O=C(O)C1CCC(C(=O)N2CCC3(CCOC3)C2)CC1. The lowest BCUT2D eigenvalue weighted by molar-refractivity contribution is -0.145. The molecule has 0 aromatic rings. The van der Waals surface area contributed by atoms with Crippen LogP contribution in [0.3, 0.4) is 0 Å². The number of carboxylic acid groups (broad SMARTS) is 1. The Labute approximate surface area is 119 Å². The summed E-state index contributed by atoms with van der Waals surface area (Å²) in [6.07, 6.45) is 4.89. The summed E-state index contributed by atoms with van der Waals surface area (Å²) in [5, 5.41) is 9.00. The monoisotopic (exact) mass is 281 g/mol. The Balaban J connectivity index is 1.54. The molecule has 0 aromatic carbocycles. The van der Waals surface area contributed by atoms with Crippen molar-refractivity contribution in [3.8, 4) is 0 Å². The van der Waals surface area contributed by atoms with Crippen LogP contribution in [0.1, 0.15) is 38.5 Å². The number of hydrogen-bond donors (Lipinski definition) is 1. The second-order valence-electron chi connectivity index (χ2n) is 6.70. The zero-order valence-corrected chi connectivity index (χ0v) is 11.8. The summed E-state index contributed by atoms with van der Waals surface area (Å²) in [6.45, 7) is 3.31. The molecule has 3 aliphatic rings. The van der Waals surface area contributed by atoms with Crippen molar-refractivity contribution in [3.05, 3.63) is 0 Å². The summed E-state index contributed by atoms with van der Waals surface area (Å²) in [6, 6.07) is 0. The molecule has 5 nitrogen and oxygen atoms in total.